The Morgan fingerprint density at radius 3 is 2.47 bits per heavy atom. The van der Waals surface area contributed by atoms with Crippen LogP contribution in [0.5, 0.6) is 5.75 Å². The normalized spacial score (nSPS) is 10.7. The highest BCUT2D eigenvalue weighted by Gasteiger charge is 2.26. The second kappa shape index (κ2) is 9.41. The van der Waals surface area contributed by atoms with E-state index in [1.165, 1.54) is 17.9 Å². The van der Waals surface area contributed by atoms with Crippen molar-refractivity contribution in [2.24, 2.45) is 5.73 Å². The number of methoxy groups -OCH3 is 1. The van der Waals surface area contributed by atoms with Crippen LogP contribution in [-0.4, -0.2) is 34.7 Å². The Labute approximate surface area is 193 Å². The molecule has 2 amide bonds. The Hall–Kier alpha value is -3.37. The molecule has 3 rings (SSSR count). The van der Waals surface area contributed by atoms with Crippen molar-refractivity contribution >= 4 is 45.7 Å². The maximum atomic E-state index is 12.7. The smallest absolute Gasteiger partial charge is 0.341 e. The van der Waals surface area contributed by atoms with E-state index >= 15 is 0 Å². The monoisotopic (exact) mass is 476 g/mol. The van der Waals surface area contributed by atoms with Crippen molar-refractivity contribution in [2.75, 3.05) is 12.4 Å². The van der Waals surface area contributed by atoms with E-state index in [0.717, 1.165) is 22.5 Å². The first kappa shape index (κ1) is 23.3. The third-order valence-electron chi connectivity index (χ3n) is 4.63. The first-order valence-electron chi connectivity index (χ1n) is 9.38. The summed E-state index contributed by atoms with van der Waals surface area (Å²) in [5.74, 6) is -1.33. The zero-order chi connectivity index (χ0) is 23.6. The average molecular weight is 477 g/mol. The molecule has 0 aliphatic carbocycles. The molecule has 0 spiro atoms. The Morgan fingerprint density at radius 1 is 1.22 bits per heavy atom. The lowest BCUT2D eigenvalue weighted by Crippen LogP contribution is -2.16. The highest BCUT2D eigenvalue weighted by atomic mass is 35.5. The quantitative estimate of drug-likeness (QED) is 0.501. The van der Waals surface area contributed by atoms with E-state index in [1.807, 2.05) is 26.0 Å². The molecule has 32 heavy (non-hydrogen) atoms. The fraction of sp³-hybridized carbons (Fsp3) is 0.238. The van der Waals surface area contributed by atoms with E-state index in [-0.39, 0.29) is 27.9 Å². The number of aromatic nitrogens is 2. The van der Waals surface area contributed by atoms with Crippen LogP contribution >= 0.6 is 22.9 Å². The third-order valence-corrected chi connectivity index (χ3v) is 6.45. The molecule has 0 saturated heterocycles. The van der Waals surface area contributed by atoms with Gasteiger partial charge in [0.1, 0.15) is 10.8 Å². The fourth-order valence-electron chi connectivity index (χ4n) is 3.04. The number of nitrogens with two attached hydrogens (primary N) is 1. The van der Waals surface area contributed by atoms with E-state index in [1.54, 1.807) is 13.1 Å². The van der Waals surface area contributed by atoms with Crippen LogP contribution in [0.25, 0.3) is 0 Å². The first-order valence-corrected chi connectivity index (χ1v) is 10.6. The van der Waals surface area contributed by atoms with Crippen LogP contribution in [0.1, 0.15) is 47.2 Å². The number of hydrogen-bond donors (Lipinski definition) is 2. The van der Waals surface area contributed by atoms with Crippen LogP contribution in [-0.2, 0) is 11.5 Å². The molecule has 0 fully saturated rings. The van der Waals surface area contributed by atoms with Gasteiger partial charge in [0.25, 0.3) is 11.8 Å². The zero-order valence-corrected chi connectivity index (χ0v) is 19.4. The van der Waals surface area contributed by atoms with Crippen LogP contribution in [0.3, 0.4) is 0 Å². The summed E-state index contributed by atoms with van der Waals surface area (Å²) in [6.07, 6.45) is 1.58. The largest absolute Gasteiger partial charge is 0.471 e. The minimum absolute atomic E-state index is 0.0745. The lowest BCUT2D eigenvalue weighted by atomic mass is 10.1. The number of nitrogens with zero attached hydrogens (tertiary/aromatic N) is 2. The molecular weight excluding hydrogens is 456 g/mol. The maximum absolute atomic E-state index is 12.7. The summed E-state index contributed by atoms with van der Waals surface area (Å²) in [6, 6.07) is 5.14. The van der Waals surface area contributed by atoms with Gasteiger partial charge in [0.15, 0.2) is 12.4 Å². The second-order valence-corrected chi connectivity index (χ2v) is 8.35. The van der Waals surface area contributed by atoms with Crippen molar-refractivity contribution in [1.82, 2.24) is 9.78 Å². The summed E-state index contributed by atoms with van der Waals surface area (Å²) in [5.41, 5.74) is 7.67. The van der Waals surface area contributed by atoms with Crippen LogP contribution in [0.15, 0.2) is 24.4 Å². The van der Waals surface area contributed by atoms with E-state index in [0.29, 0.717) is 16.3 Å². The number of esters is 1. The van der Waals surface area contributed by atoms with Gasteiger partial charge in [0.05, 0.1) is 17.6 Å². The van der Waals surface area contributed by atoms with Crippen molar-refractivity contribution in [3.05, 3.63) is 62.2 Å². The molecule has 0 unspecified atom stereocenters. The average Bonchev–Trinajstić information content (AvgIpc) is 3.34. The molecule has 168 valence electrons. The zero-order valence-electron chi connectivity index (χ0n) is 17.8. The van der Waals surface area contributed by atoms with Gasteiger partial charge in [0, 0.05) is 11.2 Å². The van der Waals surface area contributed by atoms with E-state index in [2.05, 4.69) is 10.4 Å². The Bertz CT molecular complexity index is 1190. The van der Waals surface area contributed by atoms with Gasteiger partial charge in [-0.25, -0.2) is 9.48 Å². The summed E-state index contributed by atoms with van der Waals surface area (Å²) < 4.78 is 11.9. The van der Waals surface area contributed by atoms with Gasteiger partial charge in [0.2, 0.25) is 0 Å². The lowest BCUT2D eigenvalue weighted by Gasteiger charge is -2.10. The van der Waals surface area contributed by atoms with Crippen molar-refractivity contribution in [2.45, 2.75) is 27.5 Å². The molecule has 2 aromatic heterocycles. The number of carbonyl (C=O) groups excluding carboxylic acids is 3. The van der Waals surface area contributed by atoms with Crippen molar-refractivity contribution in [3.8, 4) is 5.75 Å². The summed E-state index contributed by atoms with van der Waals surface area (Å²) >= 11 is 7.07. The molecule has 0 atom stereocenters. The molecule has 0 aliphatic rings. The van der Waals surface area contributed by atoms with Gasteiger partial charge < -0.3 is 20.5 Å². The summed E-state index contributed by atoms with van der Waals surface area (Å²) in [7, 11) is 1.21. The molecule has 0 saturated carbocycles. The SMILES string of the molecule is COC(=O)c1c(NC(=O)c2ccn(COc3cc(C)c(Cl)c(C)c3)n2)sc(C(N)=O)c1C. The number of nitrogens with one attached hydrogen (secondary N) is 1. The molecule has 9 nitrogen and oxygen atoms in total. The Balaban J connectivity index is 1.75. The Kier molecular flexibility index (Phi) is 6.85. The van der Waals surface area contributed by atoms with Crippen LogP contribution in [0.2, 0.25) is 5.02 Å². The van der Waals surface area contributed by atoms with Crippen molar-refractivity contribution in [3.63, 3.8) is 0 Å². The fourth-order valence-corrected chi connectivity index (χ4v) is 4.19. The summed E-state index contributed by atoms with van der Waals surface area (Å²) in [5, 5.41) is 7.64. The first-order chi connectivity index (χ1) is 15.1. The minimum Gasteiger partial charge on any atom is -0.471 e. The van der Waals surface area contributed by atoms with Gasteiger partial charge in [-0.3, -0.25) is 9.59 Å². The highest BCUT2D eigenvalue weighted by molar-refractivity contribution is 7.18. The highest BCUT2D eigenvalue weighted by Crippen LogP contribution is 2.33. The van der Waals surface area contributed by atoms with Gasteiger partial charge in [-0.05, 0) is 55.7 Å². The van der Waals surface area contributed by atoms with Gasteiger partial charge >= 0.3 is 5.97 Å². The predicted octanol–water partition coefficient (Wildman–Crippen LogP) is 3.70. The molecular formula is C21H21ClN4O5S. The number of thiophene rings is 1. The number of amides is 2. The van der Waals surface area contributed by atoms with Gasteiger partial charge in [-0.15, -0.1) is 11.3 Å². The van der Waals surface area contributed by atoms with Gasteiger partial charge in [-0.2, -0.15) is 5.10 Å². The second-order valence-electron chi connectivity index (χ2n) is 6.96. The molecule has 0 aliphatic heterocycles. The molecule has 2 heterocycles. The lowest BCUT2D eigenvalue weighted by molar-refractivity contribution is 0.0601. The van der Waals surface area contributed by atoms with Crippen LogP contribution in [0.4, 0.5) is 5.00 Å². The topological polar surface area (TPSA) is 126 Å². The molecule has 1 aromatic carbocycles. The number of rotatable bonds is 7. The number of carbonyl (C=O) groups is 3. The number of halogens is 1. The molecule has 3 N–H and O–H groups in total. The molecule has 11 heteroatoms. The number of ether oxygens (including phenoxy) is 2. The van der Waals surface area contributed by atoms with Crippen molar-refractivity contribution < 1.29 is 23.9 Å². The molecule has 0 radical (unpaired) electrons. The molecule has 3 aromatic rings. The number of primary amides is 1. The Morgan fingerprint density at radius 2 is 1.88 bits per heavy atom. The van der Waals surface area contributed by atoms with Crippen LogP contribution in [0, 0.1) is 20.8 Å². The summed E-state index contributed by atoms with van der Waals surface area (Å²) in [4.78, 5) is 36.6. The number of benzene rings is 1. The van der Waals surface area contributed by atoms with E-state index in [4.69, 9.17) is 26.8 Å². The van der Waals surface area contributed by atoms with E-state index in [9.17, 15) is 14.4 Å². The maximum Gasteiger partial charge on any atom is 0.341 e. The molecule has 0 bridgehead atoms. The minimum atomic E-state index is -0.702. The van der Waals surface area contributed by atoms with Gasteiger partial charge in [-0.1, -0.05) is 11.6 Å². The van der Waals surface area contributed by atoms with E-state index < -0.39 is 17.8 Å². The standard InChI is InChI=1S/C21H21ClN4O5S/c1-10-7-13(8-11(2)16(10)22)31-9-26-6-5-14(25-26)19(28)24-20-15(21(29)30-4)12(3)17(32-20)18(23)27/h5-8H,9H2,1-4H3,(H2,23,27)(H,24,28). The number of hydrogen-bond acceptors (Lipinski definition) is 7. The summed E-state index contributed by atoms with van der Waals surface area (Å²) in [6.45, 7) is 5.41. The number of anilines is 1. The third kappa shape index (κ3) is 4.76. The predicted molar refractivity (Wildman–Crippen MR) is 121 cm³/mol. The van der Waals surface area contributed by atoms with Crippen molar-refractivity contribution in [1.29, 1.82) is 0 Å². The van der Waals surface area contributed by atoms with Crippen LogP contribution < -0.4 is 15.8 Å². The number of aryl methyl sites for hydroxylation is 2.